The number of rotatable bonds is 5. The molecule has 1 heterocycles. The second kappa shape index (κ2) is 4.53. The van der Waals surface area contributed by atoms with Gasteiger partial charge in [-0.2, -0.15) is 0 Å². The van der Waals surface area contributed by atoms with E-state index in [2.05, 4.69) is 29.4 Å². The number of aliphatic hydroxyl groups is 1. The van der Waals surface area contributed by atoms with Crippen molar-refractivity contribution in [2.24, 2.45) is 0 Å². The molecule has 0 amide bonds. The molecule has 0 aliphatic heterocycles. The first-order valence-corrected chi connectivity index (χ1v) is 5.23. The van der Waals surface area contributed by atoms with Crippen LogP contribution < -0.4 is 5.32 Å². The highest BCUT2D eigenvalue weighted by Gasteiger charge is 2.21. The molecular formula is C8H15N3OS. The van der Waals surface area contributed by atoms with Crippen molar-refractivity contribution < 1.29 is 5.11 Å². The van der Waals surface area contributed by atoms with Gasteiger partial charge in [0.1, 0.15) is 5.51 Å². The van der Waals surface area contributed by atoms with Gasteiger partial charge in [0.05, 0.1) is 0 Å². The Balaban J connectivity index is 2.58. The van der Waals surface area contributed by atoms with Crippen molar-refractivity contribution in [3.63, 3.8) is 0 Å². The summed E-state index contributed by atoms with van der Waals surface area (Å²) in [4.78, 5) is 0. The molecule has 0 aromatic carbocycles. The minimum Gasteiger partial charge on any atom is -0.396 e. The number of anilines is 1. The molecule has 0 spiro atoms. The molecule has 1 unspecified atom stereocenters. The van der Waals surface area contributed by atoms with Crippen LogP contribution in [0.3, 0.4) is 0 Å². The van der Waals surface area contributed by atoms with E-state index < -0.39 is 0 Å². The molecule has 1 atom stereocenters. The molecule has 0 fully saturated rings. The first-order chi connectivity index (χ1) is 6.20. The molecule has 13 heavy (non-hydrogen) atoms. The van der Waals surface area contributed by atoms with E-state index in [0.717, 1.165) is 18.0 Å². The number of nitrogens with zero attached hydrogens (tertiary/aromatic N) is 2. The zero-order valence-electron chi connectivity index (χ0n) is 7.95. The molecule has 4 nitrogen and oxygen atoms in total. The van der Waals surface area contributed by atoms with Gasteiger partial charge in [-0.15, -0.1) is 10.2 Å². The summed E-state index contributed by atoms with van der Waals surface area (Å²) in [5, 5.41) is 20.6. The van der Waals surface area contributed by atoms with Crippen molar-refractivity contribution in [3.05, 3.63) is 5.51 Å². The maximum Gasteiger partial charge on any atom is 0.205 e. The van der Waals surface area contributed by atoms with Crippen LogP contribution in [0.25, 0.3) is 0 Å². The topological polar surface area (TPSA) is 58.0 Å². The highest BCUT2D eigenvalue weighted by atomic mass is 32.1. The van der Waals surface area contributed by atoms with Gasteiger partial charge in [0.2, 0.25) is 5.13 Å². The third-order valence-corrected chi connectivity index (χ3v) is 2.82. The third-order valence-electron chi connectivity index (χ3n) is 2.21. The van der Waals surface area contributed by atoms with Gasteiger partial charge in [0.25, 0.3) is 0 Å². The van der Waals surface area contributed by atoms with Gasteiger partial charge in [0, 0.05) is 12.1 Å². The zero-order valence-corrected chi connectivity index (χ0v) is 8.77. The molecule has 0 aliphatic carbocycles. The monoisotopic (exact) mass is 201 g/mol. The Kier molecular flexibility index (Phi) is 3.62. The van der Waals surface area contributed by atoms with E-state index >= 15 is 0 Å². The Morgan fingerprint density at radius 1 is 1.69 bits per heavy atom. The average Bonchev–Trinajstić information content (AvgIpc) is 2.57. The second-order valence-corrected chi connectivity index (χ2v) is 4.09. The van der Waals surface area contributed by atoms with Crippen LogP contribution in [0, 0.1) is 0 Å². The fraction of sp³-hybridized carbons (Fsp3) is 0.750. The van der Waals surface area contributed by atoms with Crippen LogP contribution in [-0.4, -0.2) is 27.4 Å². The molecule has 74 valence electrons. The zero-order chi connectivity index (χ0) is 9.73. The standard InChI is InChI=1S/C8H15N3OS/c1-3-8(2,4-5-12)10-7-11-9-6-13-7/h6,12H,3-5H2,1-2H3,(H,10,11). The highest BCUT2D eigenvalue weighted by molar-refractivity contribution is 7.13. The van der Waals surface area contributed by atoms with E-state index in [1.54, 1.807) is 5.51 Å². The van der Waals surface area contributed by atoms with Crippen molar-refractivity contribution in [2.75, 3.05) is 11.9 Å². The molecule has 0 bridgehead atoms. The molecule has 0 saturated carbocycles. The maximum atomic E-state index is 8.89. The quantitative estimate of drug-likeness (QED) is 0.758. The van der Waals surface area contributed by atoms with Crippen LogP contribution in [-0.2, 0) is 0 Å². The van der Waals surface area contributed by atoms with Gasteiger partial charge in [-0.05, 0) is 19.8 Å². The van der Waals surface area contributed by atoms with Crippen LogP contribution in [0.4, 0.5) is 5.13 Å². The minimum atomic E-state index is -0.0751. The average molecular weight is 201 g/mol. The second-order valence-electron chi connectivity index (χ2n) is 3.26. The van der Waals surface area contributed by atoms with Gasteiger partial charge < -0.3 is 10.4 Å². The van der Waals surface area contributed by atoms with Gasteiger partial charge in [-0.25, -0.2) is 0 Å². The predicted octanol–water partition coefficient (Wildman–Crippen LogP) is 1.50. The number of nitrogens with one attached hydrogen (secondary N) is 1. The smallest absolute Gasteiger partial charge is 0.205 e. The van der Waals surface area contributed by atoms with Crippen LogP contribution in [0.5, 0.6) is 0 Å². The van der Waals surface area contributed by atoms with Crippen LogP contribution >= 0.6 is 11.3 Å². The highest BCUT2D eigenvalue weighted by Crippen LogP contribution is 2.21. The minimum absolute atomic E-state index is 0.0751. The molecule has 2 N–H and O–H groups in total. The number of hydrogen-bond acceptors (Lipinski definition) is 5. The third kappa shape index (κ3) is 2.93. The van der Waals surface area contributed by atoms with E-state index in [0.29, 0.717) is 0 Å². The molecule has 1 rings (SSSR count). The first-order valence-electron chi connectivity index (χ1n) is 4.35. The fourth-order valence-electron chi connectivity index (χ4n) is 1.06. The SMILES string of the molecule is CCC(C)(CCO)Nc1nncs1. The van der Waals surface area contributed by atoms with E-state index in [4.69, 9.17) is 5.11 Å². The summed E-state index contributed by atoms with van der Waals surface area (Å²) in [5.41, 5.74) is 1.62. The van der Waals surface area contributed by atoms with E-state index in [-0.39, 0.29) is 12.1 Å². The number of hydrogen-bond donors (Lipinski definition) is 2. The van der Waals surface area contributed by atoms with Crippen molar-refractivity contribution in [2.45, 2.75) is 32.2 Å². The van der Waals surface area contributed by atoms with Crippen LogP contribution in [0.15, 0.2) is 5.51 Å². The molecule has 0 saturated heterocycles. The van der Waals surface area contributed by atoms with Gasteiger partial charge in [-0.3, -0.25) is 0 Å². The summed E-state index contributed by atoms with van der Waals surface area (Å²) in [5.74, 6) is 0. The van der Waals surface area contributed by atoms with Crippen LogP contribution in [0.2, 0.25) is 0 Å². The van der Waals surface area contributed by atoms with E-state index in [9.17, 15) is 0 Å². The molecule has 1 aromatic heterocycles. The van der Waals surface area contributed by atoms with Crippen molar-refractivity contribution >= 4 is 16.5 Å². The summed E-state index contributed by atoms with van der Waals surface area (Å²) in [6.07, 6.45) is 1.68. The number of aromatic nitrogens is 2. The Hall–Kier alpha value is -0.680. The van der Waals surface area contributed by atoms with Crippen molar-refractivity contribution in [1.82, 2.24) is 10.2 Å². The summed E-state index contributed by atoms with van der Waals surface area (Å²) in [6.45, 7) is 4.35. The lowest BCUT2D eigenvalue weighted by atomic mass is 9.95. The van der Waals surface area contributed by atoms with Crippen LogP contribution in [0.1, 0.15) is 26.7 Å². The Bertz CT molecular complexity index is 240. The van der Waals surface area contributed by atoms with Gasteiger partial charge in [-0.1, -0.05) is 18.3 Å². The number of aliphatic hydroxyl groups excluding tert-OH is 1. The molecule has 5 heteroatoms. The summed E-state index contributed by atoms with van der Waals surface area (Å²) >= 11 is 1.48. The predicted molar refractivity (Wildman–Crippen MR) is 53.9 cm³/mol. The molecule has 0 radical (unpaired) electrons. The summed E-state index contributed by atoms with van der Waals surface area (Å²) < 4.78 is 0. The van der Waals surface area contributed by atoms with Crippen molar-refractivity contribution in [1.29, 1.82) is 0 Å². The Morgan fingerprint density at radius 2 is 2.46 bits per heavy atom. The summed E-state index contributed by atoms with van der Waals surface area (Å²) in [7, 11) is 0. The van der Waals surface area contributed by atoms with E-state index in [1.807, 2.05) is 0 Å². The fourth-order valence-corrected chi connectivity index (χ4v) is 1.65. The Labute approximate surface area is 82.0 Å². The molecular weight excluding hydrogens is 186 g/mol. The molecule has 1 aromatic rings. The summed E-state index contributed by atoms with van der Waals surface area (Å²) in [6, 6.07) is 0. The first kappa shape index (κ1) is 10.4. The lowest BCUT2D eigenvalue weighted by molar-refractivity contribution is 0.252. The van der Waals surface area contributed by atoms with E-state index in [1.165, 1.54) is 11.3 Å². The van der Waals surface area contributed by atoms with Crippen molar-refractivity contribution in [3.8, 4) is 0 Å². The van der Waals surface area contributed by atoms with Gasteiger partial charge >= 0.3 is 0 Å². The lowest BCUT2D eigenvalue weighted by Crippen LogP contribution is -2.34. The lowest BCUT2D eigenvalue weighted by Gasteiger charge is -2.28. The molecule has 0 aliphatic rings. The maximum absolute atomic E-state index is 8.89. The Morgan fingerprint density at radius 3 is 2.92 bits per heavy atom. The van der Waals surface area contributed by atoms with Gasteiger partial charge in [0.15, 0.2) is 0 Å². The normalized spacial score (nSPS) is 15.3. The largest absolute Gasteiger partial charge is 0.396 e.